The maximum Gasteiger partial charge on any atom is 0.0502 e. The molecule has 0 aromatic rings. The fourth-order valence-corrected chi connectivity index (χ4v) is 1.93. The van der Waals surface area contributed by atoms with Gasteiger partial charge in [0.25, 0.3) is 0 Å². The third kappa shape index (κ3) is 2.01. The van der Waals surface area contributed by atoms with Gasteiger partial charge in [0, 0.05) is 5.38 Å². The third-order valence-electron chi connectivity index (χ3n) is 1.96. The van der Waals surface area contributed by atoms with Crippen LogP contribution in [0.4, 0.5) is 0 Å². The predicted molar refractivity (Wildman–Crippen MR) is 42.3 cm³/mol. The summed E-state index contributed by atoms with van der Waals surface area (Å²) in [6.07, 6.45) is 3.43. The summed E-state index contributed by atoms with van der Waals surface area (Å²) in [5.41, 5.74) is 0. The van der Waals surface area contributed by atoms with E-state index < -0.39 is 0 Å². The van der Waals surface area contributed by atoms with Gasteiger partial charge in [-0.05, 0) is 25.2 Å². The van der Waals surface area contributed by atoms with Gasteiger partial charge in [0.1, 0.15) is 0 Å². The molecule has 1 aliphatic carbocycles. The molecule has 1 aliphatic rings. The summed E-state index contributed by atoms with van der Waals surface area (Å²) in [6, 6.07) is 0. The number of hydrogen-bond donors (Lipinski definition) is 0. The Morgan fingerprint density at radius 2 is 1.78 bits per heavy atom. The van der Waals surface area contributed by atoms with Crippen LogP contribution in [0.15, 0.2) is 0 Å². The molecular formula is C7H12Cl2. The average molecular weight is 167 g/mol. The second-order valence-electron chi connectivity index (χ2n) is 2.95. The molecule has 0 heterocycles. The van der Waals surface area contributed by atoms with Crippen LogP contribution in [0.3, 0.4) is 0 Å². The minimum absolute atomic E-state index is 0.218. The summed E-state index contributed by atoms with van der Waals surface area (Å²) in [5.74, 6) is 0.780. The highest BCUT2D eigenvalue weighted by Gasteiger charge is 2.24. The van der Waals surface area contributed by atoms with Gasteiger partial charge in [-0.15, -0.1) is 23.2 Å². The van der Waals surface area contributed by atoms with Gasteiger partial charge < -0.3 is 0 Å². The summed E-state index contributed by atoms with van der Waals surface area (Å²) in [4.78, 5) is 0. The Kier molecular flexibility index (Phi) is 2.66. The molecule has 0 nitrogen and oxygen atoms in total. The lowest BCUT2D eigenvalue weighted by molar-refractivity contribution is 0.395. The van der Waals surface area contributed by atoms with E-state index in [1.54, 1.807) is 0 Å². The number of halogens is 2. The van der Waals surface area contributed by atoms with E-state index in [1.165, 1.54) is 6.42 Å². The lowest BCUT2D eigenvalue weighted by atomic mass is 9.90. The smallest absolute Gasteiger partial charge is 0.0502 e. The van der Waals surface area contributed by atoms with Crippen LogP contribution in [-0.2, 0) is 0 Å². The van der Waals surface area contributed by atoms with Crippen LogP contribution in [0.2, 0.25) is 0 Å². The van der Waals surface area contributed by atoms with E-state index in [0.29, 0.717) is 0 Å². The van der Waals surface area contributed by atoms with Crippen LogP contribution in [0.1, 0.15) is 26.2 Å². The summed E-state index contributed by atoms with van der Waals surface area (Å²) in [7, 11) is 0. The second kappa shape index (κ2) is 3.12. The molecule has 1 fully saturated rings. The summed E-state index contributed by atoms with van der Waals surface area (Å²) >= 11 is 11.8. The highest BCUT2D eigenvalue weighted by Crippen LogP contribution is 2.30. The van der Waals surface area contributed by atoms with Gasteiger partial charge in [0.15, 0.2) is 0 Å². The topological polar surface area (TPSA) is 0 Å². The lowest BCUT2D eigenvalue weighted by Gasteiger charge is -2.26. The Morgan fingerprint density at radius 1 is 1.11 bits per heavy atom. The SMILES string of the molecule is CC1CC[C@H](Cl)C(Cl)C1. The van der Waals surface area contributed by atoms with E-state index in [2.05, 4.69) is 6.92 Å². The quantitative estimate of drug-likeness (QED) is 0.486. The molecule has 0 saturated heterocycles. The molecule has 2 unspecified atom stereocenters. The Balaban J connectivity index is 2.35. The van der Waals surface area contributed by atoms with Gasteiger partial charge in [-0.25, -0.2) is 0 Å². The van der Waals surface area contributed by atoms with E-state index in [4.69, 9.17) is 23.2 Å². The van der Waals surface area contributed by atoms with Crippen molar-refractivity contribution < 1.29 is 0 Å². The molecule has 0 aromatic heterocycles. The normalized spacial score (nSPS) is 45.0. The maximum absolute atomic E-state index is 5.93. The standard InChI is InChI=1S/C7H12Cl2/c1-5-2-3-6(8)7(9)4-5/h5-7H,2-4H2,1H3/t5?,6-,7?/m0/s1. The van der Waals surface area contributed by atoms with Crippen molar-refractivity contribution in [2.24, 2.45) is 5.92 Å². The van der Waals surface area contributed by atoms with Gasteiger partial charge in [-0.3, -0.25) is 0 Å². The average Bonchev–Trinajstić information content (AvgIpc) is 1.80. The van der Waals surface area contributed by atoms with Crippen molar-refractivity contribution in [1.82, 2.24) is 0 Å². The summed E-state index contributed by atoms with van der Waals surface area (Å²) in [5, 5.41) is 0.443. The first-order valence-electron chi connectivity index (χ1n) is 3.48. The van der Waals surface area contributed by atoms with Crippen molar-refractivity contribution in [3.05, 3.63) is 0 Å². The Morgan fingerprint density at radius 3 is 2.22 bits per heavy atom. The molecule has 2 heteroatoms. The molecule has 0 amide bonds. The zero-order valence-electron chi connectivity index (χ0n) is 5.61. The van der Waals surface area contributed by atoms with Gasteiger partial charge in [0.05, 0.1) is 5.38 Å². The van der Waals surface area contributed by atoms with Crippen LogP contribution in [0.5, 0.6) is 0 Å². The zero-order valence-corrected chi connectivity index (χ0v) is 7.12. The minimum Gasteiger partial charge on any atom is -0.121 e. The summed E-state index contributed by atoms with van der Waals surface area (Å²) < 4.78 is 0. The molecule has 9 heavy (non-hydrogen) atoms. The number of hydrogen-bond acceptors (Lipinski definition) is 0. The van der Waals surface area contributed by atoms with E-state index >= 15 is 0 Å². The van der Waals surface area contributed by atoms with Crippen LogP contribution in [-0.4, -0.2) is 10.8 Å². The van der Waals surface area contributed by atoms with Crippen LogP contribution in [0.25, 0.3) is 0 Å². The monoisotopic (exact) mass is 166 g/mol. The van der Waals surface area contributed by atoms with Gasteiger partial charge in [-0.2, -0.15) is 0 Å². The second-order valence-corrected chi connectivity index (χ2v) is 4.07. The number of rotatable bonds is 0. The Hall–Kier alpha value is 0.580. The summed E-state index contributed by atoms with van der Waals surface area (Å²) in [6.45, 7) is 2.23. The van der Waals surface area contributed by atoms with Crippen molar-refractivity contribution in [2.75, 3.05) is 0 Å². The first kappa shape index (κ1) is 7.68. The van der Waals surface area contributed by atoms with Gasteiger partial charge in [-0.1, -0.05) is 6.92 Å². The molecule has 0 radical (unpaired) electrons. The highest BCUT2D eigenvalue weighted by atomic mass is 35.5. The molecule has 0 N–H and O–H groups in total. The maximum atomic E-state index is 5.93. The fraction of sp³-hybridized carbons (Fsp3) is 1.00. The lowest BCUT2D eigenvalue weighted by Crippen LogP contribution is -2.24. The molecule has 0 spiro atoms. The first-order valence-corrected chi connectivity index (χ1v) is 4.35. The van der Waals surface area contributed by atoms with Gasteiger partial charge >= 0.3 is 0 Å². The van der Waals surface area contributed by atoms with Crippen LogP contribution >= 0.6 is 23.2 Å². The Bertz CT molecular complexity index is 92.9. The molecule has 0 aromatic carbocycles. The van der Waals surface area contributed by atoms with E-state index in [1.807, 2.05) is 0 Å². The largest absolute Gasteiger partial charge is 0.121 e. The zero-order chi connectivity index (χ0) is 6.85. The molecule has 54 valence electrons. The van der Waals surface area contributed by atoms with Crippen molar-refractivity contribution in [2.45, 2.75) is 36.9 Å². The molecule has 1 saturated carbocycles. The Labute approximate surface area is 66.5 Å². The van der Waals surface area contributed by atoms with Crippen molar-refractivity contribution >= 4 is 23.2 Å². The molecular weight excluding hydrogens is 155 g/mol. The predicted octanol–water partition coefficient (Wildman–Crippen LogP) is 3.02. The van der Waals surface area contributed by atoms with Crippen LogP contribution < -0.4 is 0 Å². The molecule has 3 atom stereocenters. The van der Waals surface area contributed by atoms with Crippen molar-refractivity contribution in [3.63, 3.8) is 0 Å². The third-order valence-corrected chi connectivity index (χ3v) is 3.09. The highest BCUT2D eigenvalue weighted by molar-refractivity contribution is 6.30. The fourth-order valence-electron chi connectivity index (χ4n) is 1.27. The van der Waals surface area contributed by atoms with E-state index in [-0.39, 0.29) is 10.8 Å². The van der Waals surface area contributed by atoms with Crippen molar-refractivity contribution in [3.8, 4) is 0 Å². The molecule has 0 aliphatic heterocycles. The van der Waals surface area contributed by atoms with Gasteiger partial charge in [0.2, 0.25) is 0 Å². The molecule has 0 bridgehead atoms. The van der Waals surface area contributed by atoms with Crippen LogP contribution in [0, 0.1) is 5.92 Å². The van der Waals surface area contributed by atoms with E-state index in [0.717, 1.165) is 18.8 Å². The number of alkyl halides is 2. The van der Waals surface area contributed by atoms with Crippen molar-refractivity contribution in [1.29, 1.82) is 0 Å². The molecule has 1 rings (SSSR count). The van der Waals surface area contributed by atoms with E-state index in [9.17, 15) is 0 Å². The first-order chi connectivity index (χ1) is 4.20. The minimum atomic E-state index is 0.218.